The van der Waals surface area contributed by atoms with E-state index in [0.29, 0.717) is 17.7 Å². The van der Waals surface area contributed by atoms with Gasteiger partial charge in [0.05, 0.1) is 5.75 Å². The van der Waals surface area contributed by atoms with Crippen molar-refractivity contribution in [1.82, 2.24) is 0 Å². The SMILES string of the molecule is CCCS(=O)(=O)Nc1ccc(C)c(C(N)=O)c1. The Morgan fingerprint density at radius 2 is 2.06 bits per heavy atom. The highest BCUT2D eigenvalue weighted by molar-refractivity contribution is 7.92. The fraction of sp³-hybridized carbons (Fsp3) is 0.364. The number of carbonyl (C=O) groups is 1. The first-order valence-electron chi connectivity index (χ1n) is 5.26. The number of nitrogens with one attached hydrogen (secondary N) is 1. The first-order valence-corrected chi connectivity index (χ1v) is 6.92. The van der Waals surface area contributed by atoms with Crippen LogP contribution in [0.25, 0.3) is 0 Å². The van der Waals surface area contributed by atoms with Gasteiger partial charge in [0.2, 0.25) is 15.9 Å². The summed E-state index contributed by atoms with van der Waals surface area (Å²) in [6.07, 6.45) is 0.532. The standard InChI is InChI=1S/C11H16N2O3S/c1-3-6-17(15,16)13-9-5-4-8(2)10(7-9)11(12)14/h4-5,7,13H,3,6H2,1-2H3,(H2,12,14). The molecule has 0 aliphatic heterocycles. The molecular formula is C11H16N2O3S. The van der Waals surface area contributed by atoms with Gasteiger partial charge in [0.1, 0.15) is 0 Å². The second-order valence-corrected chi connectivity index (χ2v) is 5.66. The third kappa shape index (κ3) is 3.74. The second kappa shape index (κ2) is 5.18. The van der Waals surface area contributed by atoms with Crippen LogP contribution in [0.5, 0.6) is 0 Å². The lowest BCUT2D eigenvalue weighted by atomic mass is 10.1. The zero-order chi connectivity index (χ0) is 13.1. The zero-order valence-electron chi connectivity index (χ0n) is 9.86. The first kappa shape index (κ1) is 13.5. The minimum absolute atomic E-state index is 0.0484. The molecule has 5 nitrogen and oxygen atoms in total. The van der Waals surface area contributed by atoms with Crippen LogP contribution in [0, 0.1) is 6.92 Å². The molecule has 0 unspecified atom stereocenters. The van der Waals surface area contributed by atoms with Gasteiger partial charge in [0, 0.05) is 11.3 Å². The zero-order valence-corrected chi connectivity index (χ0v) is 10.7. The molecule has 0 atom stereocenters. The topological polar surface area (TPSA) is 89.3 Å². The lowest BCUT2D eigenvalue weighted by molar-refractivity contribution is 0.0999. The van der Waals surface area contributed by atoms with E-state index >= 15 is 0 Å². The number of carbonyl (C=O) groups excluding carboxylic acids is 1. The molecule has 6 heteroatoms. The third-order valence-electron chi connectivity index (χ3n) is 2.25. The van der Waals surface area contributed by atoms with Crippen LogP contribution >= 0.6 is 0 Å². The van der Waals surface area contributed by atoms with Crippen molar-refractivity contribution in [1.29, 1.82) is 0 Å². The molecular weight excluding hydrogens is 240 g/mol. The lowest BCUT2D eigenvalue weighted by Crippen LogP contribution is -2.17. The number of hydrogen-bond acceptors (Lipinski definition) is 3. The van der Waals surface area contributed by atoms with Crippen molar-refractivity contribution in [3.63, 3.8) is 0 Å². The number of benzene rings is 1. The van der Waals surface area contributed by atoms with Crippen LogP contribution in [0.2, 0.25) is 0 Å². The number of anilines is 1. The van der Waals surface area contributed by atoms with Gasteiger partial charge in [-0.25, -0.2) is 8.42 Å². The number of primary amides is 1. The Balaban J connectivity index is 3.02. The molecule has 0 bridgehead atoms. The van der Waals surface area contributed by atoms with E-state index in [9.17, 15) is 13.2 Å². The highest BCUT2D eigenvalue weighted by Crippen LogP contribution is 2.16. The number of aryl methyl sites for hydroxylation is 1. The lowest BCUT2D eigenvalue weighted by Gasteiger charge is -2.09. The summed E-state index contributed by atoms with van der Waals surface area (Å²) in [7, 11) is -3.34. The molecule has 0 fully saturated rings. The molecule has 94 valence electrons. The molecule has 1 aromatic carbocycles. The van der Waals surface area contributed by atoms with Gasteiger partial charge >= 0.3 is 0 Å². The summed E-state index contributed by atoms with van der Waals surface area (Å²) in [5.41, 5.74) is 6.59. The number of nitrogens with two attached hydrogens (primary N) is 1. The van der Waals surface area contributed by atoms with E-state index < -0.39 is 15.9 Å². The smallest absolute Gasteiger partial charge is 0.249 e. The van der Waals surface area contributed by atoms with Crippen molar-refractivity contribution in [2.75, 3.05) is 10.5 Å². The average molecular weight is 256 g/mol. The minimum atomic E-state index is -3.34. The average Bonchev–Trinajstić information content (AvgIpc) is 2.20. The van der Waals surface area contributed by atoms with Crippen LogP contribution < -0.4 is 10.5 Å². The fourth-order valence-electron chi connectivity index (χ4n) is 1.45. The van der Waals surface area contributed by atoms with Crippen molar-refractivity contribution in [2.24, 2.45) is 5.73 Å². The van der Waals surface area contributed by atoms with Crippen LogP contribution in [0.4, 0.5) is 5.69 Å². The summed E-state index contributed by atoms with van der Waals surface area (Å²) < 4.78 is 25.5. The van der Waals surface area contributed by atoms with E-state index in [1.165, 1.54) is 6.07 Å². The maximum Gasteiger partial charge on any atom is 0.249 e. The van der Waals surface area contributed by atoms with Gasteiger partial charge in [-0.1, -0.05) is 13.0 Å². The van der Waals surface area contributed by atoms with Gasteiger partial charge in [-0.05, 0) is 31.0 Å². The maximum atomic E-state index is 11.5. The van der Waals surface area contributed by atoms with Crippen LogP contribution in [0.1, 0.15) is 29.3 Å². The molecule has 1 aromatic rings. The Labute approximate surface area is 101 Å². The molecule has 17 heavy (non-hydrogen) atoms. The van der Waals surface area contributed by atoms with Crippen molar-refractivity contribution in [3.8, 4) is 0 Å². The largest absolute Gasteiger partial charge is 0.366 e. The molecule has 0 saturated heterocycles. The van der Waals surface area contributed by atoms with E-state index in [2.05, 4.69) is 4.72 Å². The summed E-state index contributed by atoms with van der Waals surface area (Å²) >= 11 is 0. The summed E-state index contributed by atoms with van der Waals surface area (Å²) in [6.45, 7) is 3.52. The summed E-state index contributed by atoms with van der Waals surface area (Å²) in [5.74, 6) is -0.522. The minimum Gasteiger partial charge on any atom is -0.366 e. The Bertz CT molecular complexity index is 524. The summed E-state index contributed by atoms with van der Waals surface area (Å²) in [6, 6.07) is 4.71. The normalized spacial score (nSPS) is 11.2. The monoisotopic (exact) mass is 256 g/mol. The van der Waals surface area contributed by atoms with Gasteiger partial charge in [-0.15, -0.1) is 0 Å². The van der Waals surface area contributed by atoms with Gasteiger partial charge in [0.15, 0.2) is 0 Å². The Morgan fingerprint density at radius 1 is 1.41 bits per heavy atom. The van der Waals surface area contributed by atoms with Crippen molar-refractivity contribution in [2.45, 2.75) is 20.3 Å². The first-order chi connectivity index (χ1) is 7.85. The van der Waals surface area contributed by atoms with Crippen LogP contribution in [-0.4, -0.2) is 20.1 Å². The molecule has 1 rings (SSSR count). The molecule has 1 amide bonds. The van der Waals surface area contributed by atoms with E-state index in [1.807, 2.05) is 0 Å². The number of sulfonamides is 1. The molecule has 0 aliphatic rings. The van der Waals surface area contributed by atoms with Crippen molar-refractivity contribution < 1.29 is 13.2 Å². The van der Waals surface area contributed by atoms with Gasteiger partial charge in [-0.3, -0.25) is 9.52 Å². The summed E-state index contributed by atoms with van der Waals surface area (Å²) in [5, 5.41) is 0. The van der Waals surface area contributed by atoms with Gasteiger partial charge in [0.25, 0.3) is 0 Å². The van der Waals surface area contributed by atoms with E-state index in [0.717, 1.165) is 5.56 Å². The quantitative estimate of drug-likeness (QED) is 0.830. The fourth-order valence-corrected chi connectivity index (χ4v) is 2.58. The molecule has 0 aliphatic carbocycles. The molecule has 0 saturated carbocycles. The van der Waals surface area contributed by atoms with Crippen LogP contribution in [0.3, 0.4) is 0 Å². The molecule has 0 aromatic heterocycles. The molecule has 0 heterocycles. The van der Waals surface area contributed by atoms with Crippen LogP contribution in [-0.2, 0) is 10.0 Å². The molecule has 3 N–H and O–H groups in total. The van der Waals surface area contributed by atoms with E-state index in [4.69, 9.17) is 5.73 Å². The third-order valence-corrected chi connectivity index (χ3v) is 3.74. The second-order valence-electron chi connectivity index (χ2n) is 3.81. The number of rotatable bonds is 5. The van der Waals surface area contributed by atoms with Crippen molar-refractivity contribution >= 4 is 21.6 Å². The summed E-state index contributed by atoms with van der Waals surface area (Å²) in [4.78, 5) is 11.1. The maximum absolute atomic E-state index is 11.5. The predicted octanol–water partition coefficient (Wildman–Crippen LogP) is 1.25. The van der Waals surface area contributed by atoms with E-state index in [-0.39, 0.29) is 5.75 Å². The molecule has 0 radical (unpaired) electrons. The highest BCUT2D eigenvalue weighted by Gasteiger charge is 2.11. The number of amides is 1. The Kier molecular flexibility index (Phi) is 4.11. The van der Waals surface area contributed by atoms with Crippen molar-refractivity contribution in [3.05, 3.63) is 29.3 Å². The van der Waals surface area contributed by atoms with Gasteiger partial charge in [-0.2, -0.15) is 0 Å². The highest BCUT2D eigenvalue weighted by atomic mass is 32.2. The number of hydrogen-bond donors (Lipinski definition) is 2. The van der Waals surface area contributed by atoms with E-state index in [1.54, 1.807) is 26.0 Å². The van der Waals surface area contributed by atoms with Crippen LogP contribution in [0.15, 0.2) is 18.2 Å². The van der Waals surface area contributed by atoms with Gasteiger partial charge < -0.3 is 5.73 Å². The predicted molar refractivity (Wildman–Crippen MR) is 67.4 cm³/mol. The molecule has 0 spiro atoms. The Morgan fingerprint density at radius 3 is 2.59 bits per heavy atom. The Hall–Kier alpha value is -1.56.